The molecule has 6 nitrogen and oxygen atoms in total. The minimum absolute atomic E-state index is 0.0627. The van der Waals surface area contributed by atoms with Crippen LogP contribution in [0.5, 0.6) is 0 Å². The molecule has 1 saturated heterocycles. The number of hydrogen-bond acceptors (Lipinski definition) is 3. The van der Waals surface area contributed by atoms with E-state index < -0.39 is 5.97 Å². The van der Waals surface area contributed by atoms with Crippen LogP contribution in [0.25, 0.3) is 10.8 Å². The summed E-state index contributed by atoms with van der Waals surface area (Å²) in [5.74, 6) is -1.31. The van der Waals surface area contributed by atoms with Crippen LogP contribution in [-0.4, -0.2) is 53.1 Å². The molecule has 7 heteroatoms. The molecule has 0 bridgehead atoms. The van der Waals surface area contributed by atoms with Gasteiger partial charge in [0.25, 0.3) is 0 Å². The normalized spacial score (nSPS) is 14.6. The minimum Gasteiger partial charge on any atom is -0.478 e. The molecule has 1 aliphatic rings. The van der Waals surface area contributed by atoms with E-state index in [0.717, 1.165) is 10.9 Å². The zero-order valence-corrected chi connectivity index (χ0v) is 16.3. The van der Waals surface area contributed by atoms with Gasteiger partial charge in [-0.05, 0) is 29.1 Å². The van der Waals surface area contributed by atoms with Gasteiger partial charge in [-0.25, -0.2) is 14.0 Å². The first-order chi connectivity index (χ1) is 14.5. The Hall–Kier alpha value is -3.45. The average Bonchev–Trinajstić information content (AvgIpc) is 2.76. The maximum atomic E-state index is 14.0. The van der Waals surface area contributed by atoms with Gasteiger partial charge in [-0.15, -0.1) is 0 Å². The number of fused-ring (bicyclic) bond motifs is 1. The van der Waals surface area contributed by atoms with E-state index in [1.165, 1.54) is 12.1 Å². The molecular weight excluding hydrogens is 385 g/mol. The fraction of sp³-hybridized carbons (Fsp3) is 0.217. The van der Waals surface area contributed by atoms with E-state index in [9.17, 15) is 19.1 Å². The van der Waals surface area contributed by atoms with Crippen molar-refractivity contribution in [3.05, 3.63) is 77.6 Å². The van der Waals surface area contributed by atoms with E-state index in [0.29, 0.717) is 38.1 Å². The summed E-state index contributed by atoms with van der Waals surface area (Å²) in [6, 6.07) is 16.8. The number of carboxylic acid groups (broad SMARTS) is 1. The molecular formula is C23H22FN3O3. The lowest BCUT2D eigenvalue weighted by molar-refractivity contribution is 0.0698. The number of hydrogen-bond donors (Lipinski definition) is 2. The van der Waals surface area contributed by atoms with Crippen LogP contribution in [0.15, 0.2) is 60.7 Å². The van der Waals surface area contributed by atoms with Gasteiger partial charge in [0.2, 0.25) is 0 Å². The standard InChI is InChI=1S/C23H22FN3O3/c24-20-10-9-16(17-5-1-2-6-18(17)20)15-26-11-13-27(14-12-26)23(30)25-21-8-4-3-7-19(21)22(28)29/h1-10H,11-15H2,(H,25,30)(H,28,29). The Morgan fingerprint density at radius 1 is 0.900 bits per heavy atom. The molecule has 0 atom stereocenters. The van der Waals surface area contributed by atoms with Crippen LogP contribution in [0, 0.1) is 5.82 Å². The number of nitrogens with zero attached hydrogens (tertiary/aromatic N) is 2. The highest BCUT2D eigenvalue weighted by Crippen LogP contribution is 2.23. The summed E-state index contributed by atoms with van der Waals surface area (Å²) in [6.45, 7) is 3.10. The first-order valence-corrected chi connectivity index (χ1v) is 9.79. The van der Waals surface area contributed by atoms with E-state index in [2.05, 4.69) is 10.2 Å². The summed E-state index contributed by atoms with van der Waals surface area (Å²) in [5.41, 5.74) is 1.41. The third kappa shape index (κ3) is 4.11. The Kier molecular flexibility index (Phi) is 5.63. The summed E-state index contributed by atoms with van der Waals surface area (Å²) in [5, 5.41) is 13.5. The van der Waals surface area contributed by atoms with E-state index in [4.69, 9.17) is 0 Å². The molecule has 2 N–H and O–H groups in total. The quantitative estimate of drug-likeness (QED) is 0.685. The molecule has 30 heavy (non-hydrogen) atoms. The smallest absolute Gasteiger partial charge is 0.337 e. The van der Waals surface area contributed by atoms with Crippen LogP contribution in [0.2, 0.25) is 0 Å². The van der Waals surface area contributed by atoms with Crippen molar-refractivity contribution in [2.24, 2.45) is 0 Å². The summed E-state index contributed by atoms with van der Waals surface area (Å²) in [4.78, 5) is 27.8. The first kappa shape index (κ1) is 19.8. The van der Waals surface area contributed by atoms with Crippen LogP contribution in [0.3, 0.4) is 0 Å². The monoisotopic (exact) mass is 407 g/mol. The Morgan fingerprint density at radius 3 is 2.30 bits per heavy atom. The van der Waals surface area contributed by atoms with Crippen molar-refractivity contribution in [2.75, 3.05) is 31.5 Å². The second kappa shape index (κ2) is 8.51. The van der Waals surface area contributed by atoms with Gasteiger partial charge < -0.3 is 15.3 Å². The molecule has 3 aromatic rings. The largest absolute Gasteiger partial charge is 0.478 e. The second-order valence-corrected chi connectivity index (χ2v) is 7.30. The van der Waals surface area contributed by atoms with Crippen molar-refractivity contribution in [3.63, 3.8) is 0 Å². The molecule has 0 radical (unpaired) electrons. The predicted molar refractivity (Wildman–Crippen MR) is 113 cm³/mol. The molecule has 0 aromatic heterocycles. The first-order valence-electron chi connectivity index (χ1n) is 9.79. The molecule has 1 aliphatic heterocycles. The second-order valence-electron chi connectivity index (χ2n) is 7.30. The topological polar surface area (TPSA) is 72.9 Å². The number of halogens is 1. The maximum Gasteiger partial charge on any atom is 0.337 e. The van der Waals surface area contributed by atoms with Crippen molar-refractivity contribution < 1.29 is 19.1 Å². The molecule has 1 heterocycles. The van der Waals surface area contributed by atoms with Crippen LogP contribution < -0.4 is 5.32 Å². The number of piperazine rings is 1. The van der Waals surface area contributed by atoms with Crippen LogP contribution in [0.1, 0.15) is 15.9 Å². The van der Waals surface area contributed by atoms with E-state index in [-0.39, 0.29) is 23.1 Å². The maximum absolute atomic E-state index is 14.0. The Labute approximate surface area is 173 Å². The third-order valence-corrected chi connectivity index (χ3v) is 5.41. The summed E-state index contributed by atoms with van der Waals surface area (Å²) in [7, 11) is 0. The molecule has 0 spiro atoms. The van der Waals surface area contributed by atoms with Gasteiger partial charge in [-0.1, -0.05) is 42.5 Å². The number of aromatic carboxylic acids is 1. The van der Waals surface area contributed by atoms with E-state index in [1.54, 1.807) is 29.2 Å². The number of carbonyl (C=O) groups excluding carboxylic acids is 1. The third-order valence-electron chi connectivity index (χ3n) is 5.41. The average molecular weight is 407 g/mol. The van der Waals surface area contributed by atoms with Gasteiger partial charge in [-0.3, -0.25) is 4.90 Å². The molecule has 4 rings (SSSR count). The van der Waals surface area contributed by atoms with Crippen molar-refractivity contribution in [1.82, 2.24) is 9.80 Å². The molecule has 0 saturated carbocycles. The fourth-order valence-electron chi connectivity index (χ4n) is 3.79. The van der Waals surface area contributed by atoms with E-state index >= 15 is 0 Å². The predicted octanol–water partition coefficient (Wildman–Crippen LogP) is 4.03. The van der Waals surface area contributed by atoms with Gasteiger partial charge >= 0.3 is 12.0 Å². The number of rotatable bonds is 4. The Morgan fingerprint density at radius 2 is 1.57 bits per heavy atom. The molecule has 154 valence electrons. The van der Waals surface area contributed by atoms with Crippen molar-refractivity contribution in [2.45, 2.75) is 6.54 Å². The van der Waals surface area contributed by atoms with Crippen LogP contribution in [0.4, 0.5) is 14.9 Å². The minimum atomic E-state index is -1.08. The zero-order chi connectivity index (χ0) is 21.1. The molecule has 2 amide bonds. The van der Waals surface area contributed by atoms with Crippen molar-refractivity contribution in [3.8, 4) is 0 Å². The highest BCUT2D eigenvalue weighted by molar-refractivity contribution is 6.00. The van der Waals surface area contributed by atoms with Crippen molar-refractivity contribution in [1.29, 1.82) is 0 Å². The summed E-state index contributed by atoms with van der Waals surface area (Å²) in [6.07, 6.45) is 0. The number of urea groups is 1. The zero-order valence-electron chi connectivity index (χ0n) is 16.3. The lowest BCUT2D eigenvalue weighted by Gasteiger charge is -2.35. The van der Waals surface area contributed by atoms with Gasteiger partial charge in [0.15, 0.2) is 0 Å². The number of amides is 2. The number of carbonyl (C=O) groups is 2. The number of carboxylic acids is 1. The SMILES string of the molecule is O=C(O)c1ccccc1NC(=O)N1CCN(Cc2ccc(F)c3ccccc23)CC1. The Bertz CT molecular complexity index is 1090. The van der Waals surface area contributed by atoms with Gasteiger partial charge in [0.1, 0.15) is 5.82 Å². The highest BCUT2D eigenvalue weighted by Gasteiger charge is 2.23. The molecule has 0 unspecified atom stereocenters. The lowest BCUT2D eigenvalue weighted by Crippen LogP contribution is -2.49. The van der Waals surface area contributed by atoms with Gasteiger partial charge in [-0.2, -0.15) is 0 Å². The fourth-order valence-corrected chi connectivity index (χ4v) is 3.79. The van der Waals surface area contributed by atoms with E-state index in [1.807, 2.05) is 24.3 Å². The highest BCUT2D eigenvalue weighted by atomic mass is 19.1. The van der Waals surface area contributed by atoms with Crippen LogP contribution in [-0.2, 0) is 6.54 Å². The Balaban J connectivity index is 1.38. The number of nitrogens with one attached hydrogen (secondary N) is 1. The van der Waals surface area contributed by atoms with Gasteiger partial charge in [0.05, 0.1) is 11.3 Å². The number of benzene rings is 3. The lowest BCUT2D eigenvalue weighted by atomic mass is 10.0. The molecule has 3 aromatic carbocycles. The summed E-state index contributed by atoms with van der Waals surface area (Å²) >= 11 is 0. The van der Waals surface area contributed by atoms with Gasteiger partial charge in [0, 0.05) is 38.1 Å². The van der Waals surface area contributed by atoms with Crippen LogP contribution >= 0.6 is 0 Å². The van der Waals surface area contributed by atoms with Crippen molar-refractivity contribution >= 4 is 28.5 Å². The number of para-hydroxylation sites is 1. The summed E-state index contributed by atoms with van der Waals surface area (Å²) < 4.78 is 14.0. The molecule has 1 fully saturated rings. The number of anilines is 1. The molecule has 0 aliphatic carbocycles.